The molecule has 2 aromatic carbocycles. The smallest absolute Gasteiger partial charge is 0.347 e. The number of hydrogen-bond acceptors (Lipinski definition) is 6. The van der Waals surface area contributed by atoms with Gasteiger partial charge in [0.15, 0.2) is 5.78 Å². The van der Waals surface area contributed by atoms with E-state index in [9.17, 15) is 14.7 Å². The summed E-state index contributed by atoms with van der Waals surface area (Å²) in [6.07, 6.45) is -0.0832. The molecular weight excluding hydrogens is 324 g/mol. The van der Waals surface area contributed by atoms with Gasteiger partial charge in [0.05, 0.1) is 24.7 Å². The maximum Gasteiger partial charge on any atom is 0.347 e. The largest absolute Gasteiger partial charge is 0.506 e. The van der Waals surface area contributed by atoms with Gasteiger partial charge in [0.25, 0.3) is 0 Å². The third kappa shape index (κ3) is 2.99. The van der Waals surface area contributed by atoms with Crippen LogP contribution in [0.3, 0.4) is 0 Å². The number of carbonyl (C=O) groups is 1. The number of aromatic hydroxyl groups is 1. The first-order chi connectivity index (χ1) is 12.1. The molecule has 0 radical (unpaired) electrons. The van der Waals surface area contributed by atoms with Gasteiger partial charge in [-0.2, -0.15) is 0 Å². The lowest BCUT2D eigenvalue weighted by atomic mass is 10.0. The van der Waals surface area contributed by atoms with Crippen LogP contribution in [0.1, 0.15) is 16.8 Å². The molecule has 3 aromatic rings. The first-order valence-corrected chi connectivity index (χ1v) is 7.64. The first-order valence-electron chi connectivity index (χ1n) is 7.64. The molecule has 0 bridgehead atoms. The number of aliphatic hydroxyl groups excluding tert-OH is 1. The van der Waals surface area contributed by atoms with Gasteiger partial charge in [-0.15, -0.1) is 0 Å². The molecule has 0 atom stereocenters. The second-order valence-corrected chi connectivity index (χ2v) is 5.42. The zero-order valence-corrected chi connectivity index (χ0v) is 13.5. The molecule has 0 aliphatic heterocycles. The lowest BCUT2D eigenvalue weighted by Crippen LogP contribution is -2.07. The Hall–Kier alpha value is -3.12. The number of Topliss-reactive ketones (excluding diaryl/α,β-unsaturated/α-hetero) is 1. The lowest BCUT2D eigenvalue weighted by molar-refractivity contribution is 0.0953. The van der Waals surface area contributed by atoms with Crippen LogP contribution in [0.15, 0.2) is 51.7 Å². The van der Waals surface area contributed by atoms with Crippen LogP contribution in [0.4, 0.5) is 0 Å². The summed E-state index contributed by atoms with van der Waals surface area (Å²) in [5.74, 6) is -0.360. The number of methoxy groups -OCH3 is 1. The van der Waals surface area contributed by atoms with Crippen LogP contribution < -0.4 is 10.4 Å². The minimum atomic E-state index is -0.707. The van der Waals surface area contributed by atoms with Gasteiger partial charge in [-0.1, -0.05) is 30.3 Å². The number of rotatable bonds is 5. The Morgan fingerprint density at radius 2 is 1.92 bits per heavy atom. The average molecular weight is 340 g/mol. The molecule has 128 valence electrons. The quantitative estimate of drug-likeness (QED) is 0.547. The zero-order valence-electron chi connectivity index (χ0n) is 13.5. The normalized spacial score (nSPS) is 10.8. The van der Waals surface area contributed by atoms with Gasteiger partial charge in [0.2, 0.25) is 0 Å². The Labute approximate surface area is 142 Å². The van der Waals surface area contributed by atoms with Gasteiger partial charge >= 0.3 is 5.63 Å². The molecule has 0 saturated carbocycles. The van der Waals surface area contributed by atoms with E-state index in [1.807, 2.05) is 0 Å². The van der Waals surface area contributed by atoms with Crippen LogP contribution in [0.2, 0.25) is 0 Å². The van der Waals surface area contributed by atoms with Crippen molar-refractivity contribution in [1.82, 2.24) is 0 Å². The first kappa shape index (κ1) is 16.7. The molecule has 1 aromatic heterocycles. The van der Waals surface area contributed by atoms with Crippen molar-refractivity contribution in [2.45, 2.75) is 6.42 Å². The summed E-state index contributed by atoms with van der Waals surface area (Å²) in [4.78, 5) is 24.4. The average Bonchev–Trinajstić information content (AvgIpc) is 2.62. The molecule has 0 unspecified atom stereocenters. The minimum Gasteiger partial charge on any atom is -0.506 e. The molecule has 6 nitrogen and oxygen atoms in total. The fraction of sp³-hybridized carbons (Fsp3) is 0.158. The van der Waals surface area contributed by atoms with E-state index in [0.717, 1.165) is 0 Å². The monoisotopic (exact) mass is 340 g/mol. The molecule has 3 rings (SSSR count). The topological polar surface area (TPSA) is 97.0 Å². The fourth-order valence-corrected chi connectivity index (χ4v) is 2.69. The second-order valence-electron chi connectivity index (χ2n) is 5.42. The van der Waals surface area contributed by atoms with Crippen molar-refractivity contribution in [3.63, 3.8) is 0 Å². The van der Waals surface area contributed by atoms with Gasteiger partial charge in [0, 0.05) is 6.42 Å². The molecule has 1 heterocycles. The molecule has 0 saturated heterocycles. The molecule has 0 spiro atoms. The van der Waals surface area contributed by atoms with E-state index in [4.69, 9.17) is 14.3 Å². The van der Waals surface area contributed by atoms with E-state index in [0.29, 0.717) is 5.56 Å². The van der Waals surface area contributed by atoms with Crippen LogP contribution in [0.25, 0.3) is 22.1 Å². The van der Waals surface area contributed by atoms with Gasteiger partial charge in [-0.25, -0.2) is 4.79 Å². The summed E-state index contributed by atoms with van der Waals surface area (Å²) in [6.45, 7) is -0.303. The predicted octanol–water partition coefficient (Wildman–Crippen LogP) is 2.74. The van der Waals surface area contributed by atoms with Crippen LogP contribution in [0.5, 0.6) is 11.5 Å². The molecule has 0 aliphatic rings. The van der Waals surface area contributed by atoms with Crippen molar-refractivity contribution in [3.8, 4) is 22.6 Å². The highest BCUT2D eigenvalue weighted by atomic mass is 16.5. The summed E-state index contributed by atoms with van der Waals surface area (Å²) in [5, 5.41) is 19.8. The molecule has 6 heteroatoms. The SMILES string of the molecule is COc1cc2c(O)c(-c3ccccc3)c(=O)oc2cc1C(=O)CCO. The van der Waals surface area contributed by atoms with E-state index in [1.54, 1.807) is 30.3 Å². The van der Waals surface area contributed by atoms with Crippen LogP contribution in [0, 0.1) is 0 Å². The minimum absolute atomic E-state index is 0.0459. The highest BCUT2D eigenvalue weighted by Gasteiger charge is 2.20. The van der Waals surface area contributed by atoms with Crippen LogP contribution in [-0.4, -0.2) is 29.7 Å². The number of fused-ring (bicyclic) bond motifs is 1. The Morgan fingerprint density at radius 1 is 1.20 bits per heavy atom. The van der Waals surface area contributed by atoms with E-state index in [2.05, 4.69) is 0 Å². The highest BCUT2D eigenvalue weighted by molar-refractivity contribution is 6.03. The van der Waals surface area contributed by atoms with Crippen molar-refractivity contribution < 1.29 is 24.2 Å². The number of benzene rings is 2. The number of hydrogen-bond donors (Lipinski definition) is 2. The Bertz CT molecular complexity index is 988. The zero-order chi connectivity index (χ0) is 18.0. The van der Waals surface area contributed by atoms with Gasteiger partial charge < -0.3 is 19.4 Å². The number of carbonyl (C=O) groups excluding carboxylic acids is 1. The fourth-order valence-electron chi connectivity index (χ4n) is 2.69. The van der Waals surface area contributed by atoms with Gasteiger partial charge in [0.1, 0.15) is 22.6 Å². The van der Waals surface area contributed by atoms with E-state index in [1.165, 1.54) is 19.2 Å². The number of ketones is 1. The Kier molecular flexibility index (Phi) is 4.54. The van der Waals surface area contributed by atoms with Gasteiger partial charge in [-0.05, 0) is 17.7 Å². The second kappa shape index (κ2) is 6.78. The Morgan fingerprint density at radius 3 is 2.56 bits per heavy atom. The van der Waals surface area contributed by atoms with Crippen molar-refractivity contribution in [2.75, 3.05) is 13.7 Å². The Balaban J connectivity index is 2.28. The summed E-state index contributed by atoms with van der Waals surface area (Å²) in [6, 6.07) is 11.5. The molecular formula is C19H16O6. The summed E-state index contributed by atoms with van der Waals surface area (Å²) < 4.78 is 10.5. The summed E-state index contributed by atoms with van der Waals surface area (Å²) >= 11 is 0. The van der Waals surface area contributed by atoms with Crippen LogP contribution >= 0.6 is 0 Å². The van der Waals surface area contributed by atoms with Crippen molar-refractivity contribution in [2.24, 2.45) is 0 Å². The molecule has 25 heavy (non-hydrogen) atoms. The van der Waals surface area contributed by atoms with Gasteiger partial charge in [-0.3, -0.25) is 4.79 Å². The van der Waals surface area contributed by atoms with Crippen molar-refractivity contribution in [1.29, 1.82) is 0 Å². The molecule has 0 fully saturated rings. The third-order valence-electron chi connectivity index (χ3n) is 3.90. The number of aliphatic hydroxyl groups is 1. The summed E-state index contributed by atoms with van der Waals surface area (Å²) in [7, 11) is 1.39. The summed E-state index contributed by atoms with van der Waals surface area (Å²) in [5.41, 5.74) is 0.116. The van der Waals surface area contributed by atoms with E-state index in [-0.39, 0.29) is 52.4 Å². The molecule has 0 amide bonds. The van der Waals surface area contributed by atoms with Crippen molar-refractivity contribution in [3.05, 3.63) is 58.4 Å². The maximum atomic E-state index is 12.3. The molecule has 0 aliphatic carbocycles. The third-order valence-corrected chi connectivity index (χ3v) is 3.90. The maximum absolute atomic E-state index is 12.3. The van der Waals surface area contributed by atoms with E-state index >= 15 is 0 Å². The standard InChI is InChI=1S/C19H16O6/c1-24-15-10-13-16(9-12(15)14(21)7-8-20)25-19(23)17(18(13)22)11-5-3-2-4-6-11/h2-6,9-10,20,22H,7-8H2,1H3. The highest BCUT2D eigenvalue weighted by Crippen LogP contribution is 2.36. The predicted molar refractivity (Wildman–Crippen MR) is 92.2 cm³/mol. The molecule has 2 N–H and O–H groups in total. The lowest BCUT2D eigenvalue weighted by Gasteiger charge is -2.11. The van der Waals surface area contributed by atoms with Crippen LogP contribution in [-0.2, 0) is 0 Å². The van der Waals surface area contributed by atoms with Crippen molar-refractivity contribution >= 4 is 16.8 Å². The number of ether oxygens (including phenoxy) is 1. The van der Waals surface area contributed by atoms with E-state index < -0.39 is 5.63 Å².